The second kappa shape index (κ2) is 4.64. The molecular formula is C13H18N2O. The van der Waals surface area contributed by atoms with Crippen molar-refractivity contribution in [3.63, 3.8) is 0 Å². The topological polar surface area (TPSA) is 33.2 Å². The molecule has 3 nitrogen and oxygen atoms in total. The average molecular weight is 218 g/mol. The third kappa shape index (κ3) is 2.23. The molecule has 1 fully saturated rings. The predicted molar refractivity (Wildman–Crippen MR) is 64.6 cm³/mol. The number of carbonyl (C=O) groups is 1. The van der Waals surface area contributed by atoms with Gasteiger partial charge in [-0.3, -0.25) is 4.79 Å². The summed E-state index contributed by atoms with van der Waals surface area (Å²) in [4.78, 5) is 17.8. The van der Waals surface area contributed by atoms with Crippen LogP contribution in [0, 0.1) is 6.92 Å². The number of Topliss-reactive ketones (excluding diaryl/α,β-unsaturated/α-hetero) is 1. The molecule has 0 aromatic carbocycles. The predicted octanol–water partition coefficient (Wildman–Crippen LogP) is 2.34. The van der Waals surface area contributed by atoms with Gasteiger partial charge in [0.05, 0.1) is 0 Å². The van der Waals surface area contributed by atoms with Gasteiger partial charge in [-0.05, 0) is 31.4 Å². The summed E-state index contributed by atoms with van der Waals surface area (Å²) in [5.74, 6) is 1.45. The number of carbonyl (C=O) groups excluding carboxylic acids is 1. The molecule has 1 aromatic heterocycles. The summed E-state index contributed by atoms with van der Waals surface area (Å²) < 4.78 is 0. The molecule has 2 rings (SSSR count). The first-order valence-corrected chi connectivity index (χ1v) is 5.84. The Kier molecular flexibility index (Phi) is 3.22. The lowest BCUT2D eigenvalue weighted by Crippen LogP contribution is -2.36. The van der Waals surface area contributed by atoms with Crippen molar-refractivity contribution in [2.45, 2.75) is 38.6 Å². The van der Waals surface area contributed by atoms with Gasteiger partial charge in [0.1, 0.15) is 11.6 Å². The van der Waals surface area contributed by atoms with Crippen molar-refractivity contribution < 1.29 is 4.79 Å². The Bertz CT molecular complexity index is 379. The smallest absolute Gasteiger partial charge is 0.133 e. The quantitative estimate of drug-likeness (QED) is 0.764. The SMILES string of the molecule is Cc1cccnc1N(C)C1CCC(=O)CC1. The minimum absolute atomic E-state index is 0.405. The van der Waals surface area contributed by atoms with Gasteiger partial charge >= 0.3 is 0 Å². The van der Waals surface area contributed by atoms with Gasteiger partial charge in [-0.1, -0.05) is 6.07 Å². The summed E-state index contributed by atoms with van der Waals surface area (Å²) in [6.45, 7) is 2.08. The summed E-state index contributed by atoms with van der Waals surface area (Å²) in [6.07, 6.45) is 5.20. The Morgan fingerprint density at radius 2 is 2.06 bits per heavy atom. The summed E-state index contributed by atoms with van der Waals surface area (Å²) in [7, 11) is 2.08. The van der Waals surface area contributed by atoms with Gasteiger partial charge in [-0.15, -0.1) is 0 Å². The molecule has 3 heteroatoms. The summed E-state index contributed by atoms with van der Waals surface area (Å²) >= 11 is 0. The van der Waals surface area contributed by atoms with Crippen LogP contribution in [-0.4, -0.2) is 23.9 Å². The van der Waals surface area contributed by atoms with Crippen LogP contribution in [0.4, 0.5) is 5.82 Å². The van der Waals surface area contributed by atoms with E-state index in [1.807, 2.05) is 12.3 Å². The Balaban J connectivity index is 2.10. The van der Waals surface area contributed by atoms with E-state index in [9.17, 15) is 4.79 Å². The van der Waals surface area contributed by atoms with Gasteiger partial charge in [0.15, 0.2) is 0 Å². The number of hydrogen-bond acceptors (Lipinski definition) is 3. The van der Waals surface area contributed by atoms with Crippen molar-refractivity contribution in [1.29, 1.82) is 0 Å². The Labute approximate surface area is 96.5 Å². The molecule has 0 unspecified atom stereocenters. The van der Waals surface area contributed by atoms with Gasteiger partial charge in [0, 0.05) is 32.1 Å². The summed E-state index contributed by atoms with van der Waals surface area (Å²) in [6, 6.07) is 4.50. The highest BCUT2D eigenvalue weighted by Crippen LogP contribution is 2.25. The van der Waals surface area contributed by atoms with Crippen LogP contribution < -0.4 is 4.90 Å². The van der Waals surface area contributed by atoms with Crippen LogP contribution in [0.1, 0.15) is 31.2 Å². The standard InChI is InChI=1S/C13H18N2O/c1-10-4-3-9-14-13(10)15(2)11-5-7-12(16)8-6-11/h3-4,9,11H,5-8H2,1-2H3. The van der Waals surface area contributed by atoms with Crippen LogP contribution in [0.2, 0.25) is 0 Å². The molecule has 0 radical (unpaired) electrons. The molecule has 1 aromatic rings. The molecule has 1 heterocycles. The number of ketones is 1. The van der Waals surface area contributed by atoms with Crippen molar-refractivity contribution in [3.05, 3.63) is 23.9 Å². The van der Waals surface area contributed by atoms with Crippen LogP contribution >= 0.6 is 0 Å². The number of nitrogens with zero attached hydrogens (tertiary/aromatic N) is 2. The monoisotopic (exact) mass is 218 g/mol. The number of pyridine rings is 1. The average Bonchev–Trinajstić information content (AvgIpc) is 2.30. The Morgan fingerprint density at radius 1 is 1.38 bits per heavy atom. The first-order chi connectivity index (χ1) is 7.68. The van der Waals surface area contributed by atoms with E-state index in [1.54, 1.807) is 0 Å². The van der Waals surface area contributed by atoms with Crippen LogP contribution in [0.5, 0.6) is 0 Å². The minimum atomic E-state index is 0.405. The number of anilines is 1. The molecule has 0 saturated heterocycles. The maximum absolute atomic E-state index is 11.2. The normalized spacial score (nSPS) is 17.5. The molecule has 0 atom stereocenters. The van der Waals surface area contributed by atoms with Gasteiger partial charge < -0.3 is 4.90 Å². The van der Waals surface area contributed by atoms with Crippen molar-refractivity contribution in [1.82, 2.24) is 4.98 Å². The lowest BCUT2D eigenvalue weighted by Gasteiger charge is -2.32. The molecule has 0 N–H and O–H groups in total. The second-order valence-electron chi connectivity index (χ2n) is 4.52. The first kappa shape index (κ1) is 11.1. The fourth-order valence-electron chi connectivity index (χ4n) is 2.33. The molecule has 86 valence electrons. The van der Waals surface area contributed by atoms with Gasteiger partial charge in [-0.2, -0.15) is 0 Å². The van der Waals surface area contributed by atoms with Crippen LogP contribution in [-0.2, 0) is 4.79 Å². The van der Waals surface area contributed by atoms with E-state index in [1.165, 1.54) is 5.56 Å². The van der Waals surface area contributed by atoms with Crippen molar-refractivity contribution in [2.75, 3.05) is 11.9 Å². The van der Waals surface area contributed by atoms with Gasteiger partial charge in [0.2, 0.25) is 0 Å². The van der Waals surface area contributed by atoms with Crippen molar-refractivity contribution in [2.24, 2.45) is 0 Å². The zero-order chi connectivity index (χ0) is 11.5. The summed E-state index contributed by atoms with van der Waals surface area (Å²) in [5.41, 5.74) is 1.20. The number of rotatable bonds is 2. The summed E-state index contributed by atoms with van der Waals surface area (Å²) in [5, 5.41) is 0. The molecule has 1 aliphatic carbocycles. The molecule has 0 bridgehead atoms. The van der Waals surface area contributed by atoms with Gasteiger partial charge in [-0.25, -0.2) is 4.98 Å². The van der Waals surface area contributed by atoms with E-state index in [4.69, 9.17) is 0 Å². The van der Waals surface area contributed by atoms with E-state index < -0.39 is 0 Å². The van der Waals surface area contributed by atoms with E-state index in [-0.39, 0.29) is 0 Å². The van der Waals surface area contributed by atoms with Crippen LogP contribution in [0.3, 0.4) is 0 Å². The molecule has 0 aliphatic heterocycles. The lowest BCUT2D eigenvalue weighted by atomic mass is 9.93. The van der Waals surface area contributed by atoms with Gasteiger partial charge in [0.25, 0.3) is 0 Å². The molecule has 1 aliphatic rings. The highest BCUT2D eigenvalue weighted by Gasteiger charge is 2.23. The molecule has 1 saturated carbocycles. The van der Waals surface area contributed by atoms with E-state index >= 15 is 0 Å². The minimum Gasteiger partial charge on any atom is -0.356 e. The molecule has 0 amide bonds. The lowest BCUT2D eigenvalue weighted by molar-refractivity contribution is -0.120. The Morgan fingerprint density at radius 3 is 2.69 bits per heavy atom. The Hall–Kier alpha value is -1.38. The largest absolute Gasteiger partial charge is 0.356 e. The highest BCUT2D eigenvalue weighted by atomic mass is 16.1. The molecule has 0 spiro atoms. The molecular weight excluding hydrogens is 200 g/mol. The fourth-order valence-corrected chi connectivity index (χ4v) is 2.33. The van der Waals surface area contributed by atoms with Crippen LogP contribution in [0.15, 0.2) is 18.3 Å². The van der Waals surface area contributed by atoms with E-state index in [0.29, 0.717) is 11.8 Å². The maximum Gasteiger partial charge on any atom is 0.133 e. The maximum atomic E-state index is 11.2. The van der Waals surface area contributed by atoms with Crippen LogP contribution in [0.25, 0.3) is 0 Å². The molecule has 16 heavy (non-hydrogen) atoms. The zero-order valence-electron chi connectivity index (χ0n) is 9.94. The fraction of sp³-hybridized carbons (Fsp3) is 0.538. The van der Waals surface area contributed by atoms with E-state index in [0.717, 1.165) is 31.5 Å². The number of aromatic nitrogens is 1. The van der Waals surface area contributed by atoms with Crippen molar-refractivity contribution in [3.8, 4) is 0 Å². The third-order valence-electron chi connectivity index (χ3n) is 3.38. The van der Waals surface area contributed by atoms with E-state index in [2.05, 4.69) is 29.9 Å². The highest BCUT2D eigenvalue weighted by molar-refractivity contribution is 5.79. The zero-order valence-corrected chi connectivity index (χ0v) is 9.94. The van der Waals surface area contributed by atoms with Crippen molar-refractivity contribution >= 4 is 11.6 Å². The third-order valence-corrected chi connectivity index (χ3v) is 3.38. The number of aryl methyl sites for hydroxylation is 1. The first-order valence-electron chi connectivity index (χ1n) is 5.84. The number of hydrogen-bond donors (Lipinski definition) is 0. The second-order valence-corrected chi connectivity index (χ2v) is 4.52.